The molecule has 2 aromatic rings. The fraction of sp³-hybridized carbons (Fsp3) is 0.435. The maximum Gasteiger partial charge on any atom is 0.241 e. The number of nitrogens with zero attached hydrogens (tertiary/aromatic N) is 1. The van der Waals surface area contributed by atoms with Gasteiger partial charge in [0.2, 0.25) is 15.9 Å². The van der Waals surface area contributed by atoms with Crippen molar-refractivity contribution in [1.82, 2.24) is 4.72 Å². The van der Waals surface area contributed by atoms with E-state index in [2.05, 4.69) is 25.5 Å². The first-order valence-electron chi connectivity index (χ1n) is 10.0. The van der Waals surface area contributed by atoms with E-state index in [0.29, 0.717) is 13.0 Å². The second-order valence-corrected chi connectivity index (χ2v) is 10.5. The summed E-state index contributed by atoms with van der Waals surface area (Å²) in [5, 5.41) is 0. The number of carbonyl (C=O) groups is 1. The SMILES string of the molecule is Cc1cc(S(=O)(=O)N[C@H](C)c2ccc(C(C)(C)C)cc2)ccc1N1CCCC1=O. The van der Waals surface area contributed by atoms with Crippen molar-refractivity contribution in [3.63, 3.8) is 0 Å². The second-order valence-electron chi connectivity index (χ2n) is 8.81. The molecule has 1 N–H and O–H groups in total. The number of nitrogens with one attached hydrogen (secondary N) is 1. The van der Waals surface area contributed by atoms with E-state index in [-0.39, 0.29) is 22.3 Å². The number of amides is 1. The summed E-state index contributed by atoms with van der Waals surface area (Å²) in [6, 6.07) is 12.6. The summed E-state index contributed by atoms with van der Waals surface area (Å²) < 4.78 is 28.6. The van der Waals surface area contributed by atoms with Crippen LogP contribution in [0, 0.1) is 6.92 Å². The van der Waals surface area contributed by atoms with E-state index in [9.17, 15) is 13.2 Å². The summed E-state index contributed by atoms with van der Waals surface area (Å²) in [5.74, 6) is 0.0918. The quantitative estimate of drug-likeness (QED) is 0.786. The van der Waals surface area contributed by atoms with Crippen molar-refractivity contribution in [1.29, 1.82) is 0 Å². The molecule has 1 atom stereocenters. The molecular formula is C23H30N2O3S. The van der Waals surface area contributed by atoms with Gasteiger partial charge in [-0.15, -0.1) is 0 Å². The maximum atomic E-state index is 12.9. The molecule has 1 heterocycles. The van der Waals surface area contributed by atoms with Crippen LogP contribution in [-0.4, -0.2) is 20.9 Å². The Kier molecular flexibility index (Phi) is 5.88. The Balaban J connectivity index is 1.78. The van der Waals surface area contributed by atoms with Crippen molar-refractivity contribution >= 4 is 21.6 Å². The lowest BCUT2D eigenvalue weighted by molar-refractivity contribution is -0.117. The Labute approximate surface area is 174 Å². The number of benzene rings is 2. The van der Waals surface area contributed by atoms with Crippen LogP contribution in [-0.2, 0) is 20.2 Å². The number of carbonyl (C=O) groups excluding carboxylic acids is 1. The molecule has 0 saturated carbocycles. The molecule has 1 aliphatic heterocycles. The third-order valence-corrected chi connectivity index (χ3v) is 6.99. The summed E-state index contributed by atoms with van der Waals surface area (Å²) in [7, 11) is -3.68. The molecule has 0 aromatic heterocycles. The number of anilines is 1. The zero-order valence-corrected chi connectivity index (χ0v) is 18.6. The standard InChI is InChI=1S/C23H30N2O3S/c1-16-15-20(12-13-21(16)25-14-6-7-22(25)26)29(27,28)24-17(2)18-8-10-19(11-9-18)23(3,4)5/h8-13,15,17,24H,6-7,14H2,1-5H3/t17-/m1/s1. The highest BCUT2D eigenvalue weighted by Gasteiger charge is 2.25. The Hall–Kier alpha value is -2.18. The summed E-state index contributed by atoms with van der Waals surface area (Å²) >= 11 is 0. The minimum Gasteiger partial charge on any atom is -0.312 e. The van der Waals surface area contributed by atoms with Crippen molar-refractivity contribution in [3.8, 4) is 0 Å². The smallest absolute Gasteiger partial charge is 0.241 e. The van der Waals surface area contributed by atoms with Gasteiger partial charge < -0.3 is 4.90 Å². The molecule has 0 unspecified atom stereocenters. The van der Waals surface area contributed by atoms with E-state index in [0.717, 1.165) is 23.2 Å². The van der Waals surface area contributed by atoms with Crippen LogP contribution >= 0.6 is 0 Å². The molecule has 156 valence electrons. The van der Waals surface area contributed by atoms with Gasteiger partial charge in [-0.25, -0.2) is 13.1 Å². The monoisotopic (exact) mass is 414 g/mol. The predicted molar refractivity (Wildman–Crippen MR) is 117 cm³/mol. The minimum absolute atomic E-state index is 0.0528. The highest BCUT2D eigenvalue weighted by molar-refractivity contribution is 7.89. The molecule has 3 rings (SSSR count). The van der Waals surface area contributed by atoms with Gasteiger partial charge in [-0.3, -0.25) is 4.79 Å². The van der Waals surface area contributed by atoms with Gasteiger partial charge in [-0.05, 0) is 60.6 Å². The fourth-order valence-corrected chi connectivity index (χ4v) is 4.96. The van der Waals surface area contributed by atoms with Crippen molar-refractivity contribution in [2.45, 2.75) is 63.8 Å². The molecular weight excluding hydrogens is 384 g/mol. The van der Waals surface area contributed by atoms with Crippen molar-refractivity contribution < 1.29 is 13.2 Å². The Morgan fingerprint density at radius 1 is 1.07 bits per heavy atom. The highest BCUT2D eigenvalue weighted by atomic mass is 32.2. The van der Waals surface area contributed by atoms with Crippen LogP contribution in [0.1, 0.15) is 63.3 Å². The van der Waals surface area contributed by atoms with Gasteiger partial charge in [-0.1, -0.05) is 45.0 Å². The molecule has 1 saturated heterocycles. The number of aryl methyl sites for hydroxylation is 1. The number of sulfonamides is 1. The lowest BCUT2D eigenvalue weighted by Gasteiger charge is -2.21. The van der Waals surface area contributed by atoms with Crippen LogP contribution < -0.4 is 9.62 Å². The van der Waals surface area contributed by atoms with Crippen LogP contribution in [0.2, 0.25) is 0 Å². The van der Waals surface area contributed by atoms with E-state index in [1.54, 1.807) is 23.1 Å². The molecule has 2 aromatic carbocycles. The maximum absolute atomic E-state index is 12.9. The van der Waals surface area contributed by atoms with E-state index >= 15 is 0 Å². The Bertz CT molecular complexity index is 1010. The van der Waals surface area contributed by atoms with Gasteiger partial charge in [0, 0.05) is 24.7 Å². The molecule has 0 bridgehead atoms. The molecule has 1 aliphatic rings. The number of hydrogen-bond acceptors (Lipinski definition) is 3. The van der Waals surface area contributed by atoms with E-state index < -0.39 is 10.0 Å². The normalized spacial score (nSPS) is 16.3. The molecule has 1 fully saturated rings. The van der Waals surface area contributed by atoms with Crippen molar-refractivity contribution in [2.24, 2.45) is 0 Å². The highest BCUT2D eigenvalue weighted by Crippen LogP contribution is 2.28. The number of rotatable bonds is 5. The molecule has 6 heteroatoms. The van der Waals surface area contributed by atoms with Crippen molar-refractivity contribution in [2.75, 3.05) is 11.4 Å². The average molecular weight is 415 g/mol. The van der Waals surface area contributed by atoms with E-state index in [1.807, 2.05) is 38.1 Å². The topological polar surface area (TPSA) is 66.5 Å². The summed E-state index contributed by atoms with van der Waals surface area (Å²) in [4.78, 5) is 13.9. The summed E-state index contributed by atoms with van der Waals surface area (Å²) in [6.07, 6.45) is 1.39. The second kappa shape index (κ2) is 7.92. The Morgan fingerprint density at radius 3 is 2.24 bits per heavy atom. The average Bonchev–Trinajstić information content (AvgIpc) is 3.06. The zero-order valence-electron chi connectivity index (χ0n) is 17.8. The van der Waals surface area contributed by atoms with Gasteiger partial charge >= 0.3 is 0 Å². The fourth-order valence-electron chi connectivity index (χ4n) is 3.64. The van der Waals surface area contributed by atoms with Crippen LogP contribution in [0.3, 0.4) is 0 Å². The Morgan fingerprint density at radius 2 is 1.72 bits per heavy atom. The minimum atomic E-state index is -3.68. The zero-order chi connectivity index (χ0) is 21.4. The van der Waals surface area contributed by atoms with Gasteiger partial charge in [0.15, 0.2) is 0 Å². The number of hydrogen-bond donors (Lipinski definition) is 1. The van der Waals surface area contributed by atoms with Crippen LogP contribution in [0.5, 0.6) is 0 Å². The molecule has 0 spiro atoms. The van der Waals surface area contributed by atoms with Gasteiger partial charge in [0.25, 0.3) is 0 Å². The largest absolute Gasteiger partial charge is 0.312 e. The van der Waals surface area contributed by atoms with E-state index in [4.69, 9.17) is 0 Å². The third-order valence-electron chi connectivity index (χ3n) is 5.45. The molecule has 5 nitrogen and oxygen atoms in total. The summed E-state index contributed by atoms with van der Waals surface area (Å²) in [5.41, 5.74) is 3.75. The van der Waals surface area contributed by atoms with Gasteiger partial charge in [-0.2, -0.15) is 0 Å². The lowest BCUT2D eigenvalue weighted by Crippen LogP contribution is -2.28. The van der Waals surface area contributed by atoms with Crippen LogP contribution in [0.25, 0.3) is 0 Å². The first kappa shape index (κ1) is 21.5. The van der Waals surface area contributed by atoms with Crippen molar-refractivity contribution in [3.05, 3.63) is 59.2 Å². The van der Waals surface area contributed by atoms with E-state index in [1.165, 1.54) is 5.56 Å². The van der Waals surface area contributed by atoms with Crippen LogP contribution in [0.4, 0.5) is 5.69 Å². The lowest BCUT2D eigenvalue weighted by atomic mass is 9.86. The molecule has 0 aliphatic carbocycles. The van der Waals surface area contributed by atoms with Crippen LogP contribution in [0.15, 0.2) is 47.4 Å². The predicted octanol–water partition coefficient (Wildman–Crippen LogP) is 4.46. The first-order valence-corrected chi connectivity index (χ1v) is 11.5. The van der Waals surface area contributed by atoms with Gasteiger partial charge in [0.05, 0.1) is 4.90 Å². The van der Waals surface area contributed by atoms with Gasteiger partial charge in [0.1, 0.15) is 0 Å². The third kappa shape index (κ3) is 4.70. The molecule has 0 radical (unpaired) electrons. The molecule has 29 heavy (non-hydrogen) atoms. The summed E-state index contributed by atoms with van der Waals surface area (Å²) in [6.45, 7) is 10.8. The molecule has 1 amide bonds. The first-order chi connectivity index (χ1) is 13.5.